The summed E-state index contributed by atoms with van der Waals surface area (Å²) < 4.78 is 5.47. The molecule has 6 heteroatoms. The Labute approximate surface area is 156 Å². The molecule has 3 atom stereocenters. The van der Waals surface area contributed by atoms with Gasteiger partial charge in [0.05, 0.1) is 18.8 Å². The number of morpholine rings is 1. The molecule has 26 heavy (non-hydrogen) atoms. The number of ether oxygens (including phenoxy) is 1. The summed E-state index contributed by atoms with van der Waals surface area (Å²) in [5.41, 5.74) is 0.600. The molecule has 1 aromatic heterocycles. The lowest BCUT2D eigenvalue weighted by Crippen LogP contribution is -2.44. The van der Waals surface area contributed by atoms with Crippen LogP contribution in [-0.4, -0.2) is 60.1 Å². The first-order valence-corrected chi connectivity index (χ1v) is 10.3. The van der Waals surface area contributed by atoms with Crippen molar-refractivity contribution in [2.45, 2.75) is 51.6 Å². The predicted octanol–water partition coefficient (Wildman–Crippen LogP) is 2.25. The van der Waals surface area contributed by atoms with Crippen molar-refractivity contribution >= 4 is 11.8 Å². The maximum absolute atomic E-state index is 11.1. The van der Waals surface area contributed by atoms with E-state index in [1.807, 2.05) is 0 Å². The van der Waals surface area contributed by atoms with Crippen LogP contribution in [-0.2, 0) is 11.2 Å². The Morgan fingerprint density at radius 3 is 2.73 bits per heavy atom. The molecule has 144 valence electrons. The molecule has 3 fully saturated rings. The number of aryl methyl sites for hydroxylation is 1. The van der Waals surface area contributed by atoms with E-state index in [4.69, 9.17) is 14.7 Å². The van der Waals surface area contributed by atoms with Crippen molar-refractivity contribution in [3.63, 3.8) is 0 Å². The summed E-state index contributed by atoms with van der Waals surface area (Å²) in [4.78, 5) is 14.3. The van der Waals surface area contributed by atoms with Crippen LogP contribution in [0.2, 0.25) is 0 Å². The molecule has 4 rings (SSSR count). The number of hydrogen-bond donors (Lipinski definition) is 1. The molecule has 3 aliphatic rings. The number of rotatable bonds is 4. The molecule has 1 aliphatic carbocycles. The number of nitrogens with zero attached hydrogens (tertiary/aromatic N) is 4. The van der Waals surface area contributed by atoms with Crippen LogP contribution < -0.4 is 9.80 Å². The van der Waals surface area contributed by atoms with Gasteiger partial charge >= 0.3 is 0 Å². The smallest absolute Gasteiger partial charge is 0.227 e. The summed E-state index contributed by atoms with van der Waals surface area (Å²) in [6.07, 6.45) is 5.08. The van der Waals surface area contributed by atoms with E-state index in [9.17, 15) is 5.11 Å². The minimum absolute atomic E-state index is 0.369. The van der Waals surface area contributed by atoms with Crippen molar-refractivity contribution in [3.8, 4) is 0 Å². The van der Waals surface area contributed by atoms with E-state index in [1.165, 1.54) is 6.42 Å². The number of hydrogen-bond acceptors (Lipinski definition) is 6. The highest BCUT2D eigenvalue weighted by atomic mass is 16.5. The summed E-state index contributed by atoms with van der Waals surface area (Å²) in [7, 11) is 0. The van der Waals surface area contributed by atoms with Gasteiger partial charge in [-0.2, -0.15) is 4.98 Å². The molecule has 1 N–H and O–H groups in total. The van der Waals surface area contributed by atoms with Crippen molar-refractivity contribution in [3.05, 3.63) is 11.8 Å². The molecule has 3 heterocycles. The lowest BCUT2D eigenvalue weighted by atomic mass is 9.69. The van der Waals surface area contributed by atoms with Gasteiger partial charge in [0.1, 0.15) is 5.82 Å². The molecule has 6 nitrogen and oxygen atoms in total. The van der Waals surface area contributed by atoms with Gasteiger partial charge in [-0.15, -0.1) is 0 Å². The fourth-order valence-corrected chi connectivity index (χ4v) is 4.97. The number of aromatic nitrogens is 2. The van der Waals surface area contributed by atoms with Crippen molar-refractivity contribution in [1.29, 1.82) is 0 Å². The number of anilines is 2. The van der Waals surface area contributed by atoms with Gasteiger partial charge in [0.25, 0.3) is 0 Å². The highest BCUT2D eigenvalue weighted by Gasteiger charge is 2.48. The first-order chi connectivity index (χ1) is 12.6. The second kappa shape index (κ2) is 7.31. The Balaban J connectivity index is 1.59. The zero-order valence-corrected chi connectivity index (χ0v) is 16.2. The topological polar surface area (TPSA) is 61.7 Å². The summed E-state index contributed by atoms with van der Waals surface area (Å²) >= 11 is 0. The molecular formula is C20H32N4O2. The van der Waals surface area contributed by atoms with Crippen LogP contribution in [0.3, 0.4) is 0 Å². The van der Waals surface area contributed by atoms with E-state index >= 15 is 0 Å². The van der Waals surface area contributed by atoms with Gasteiger partial charge in [0.2, 0.25) is 5.95 Å². The SMILES string of the molecule is CCc1cc(N2C[C@@H]3CCC[C@@](O)(CC)[C@@H]3C2)nc(N2CCOCC2)n1. The quantitative estimate of drug-likeness (QED) is 0.889. The second-order valence-electron chi connectivity index (χ2n) is 8.09. The van der Waals surface area contributed by atoms with E-state index in [1.54, 1.807) is 0 Å². The average molecular weight is 361 g/mol. The second-order valence-corrected chi connectivity index (χ2v) is 8.09. The van der Waals surface area contributed by atoms with E-state index in [2.05, 4.69) is 29.7 Å². The summed E-state index contributed by atoms with van der Waals surface area (Å²) in [6, 6.07) is 2.15. The Kier molecular flexibility index (Phi) is 5.06. The number of aliphatic hydroxyl groups is 1. The highest BCUT2D eigenvalue weighted by molar-refractivity contribution is 5.47. The van der Waals surface area contributed by atoms with Crippen LogP contribution in [0, 0.1) is 11.8 Å². The van der Waals surface area contributed by atoms with Crippen molar-refractivity contribution < 1.29 is 9.84 Å². The van der Waals surface area contributed by atoms with E-state index in [0.29, 0.717) is 11.8 Å². The largest absolute Gasteiger partial charge is 0.390 e. The van der Waals surface area contributed by atoms with E-state index in [-0.39, 0.29) is 0 Å². The molecule has 0 bridgehead atoms. The third-order valence-corrected chi connectivity index (χ3v) is 6.66. The van der Waals surface area contributed by atoms with Crippen LogP contribution in [0.15, 0.2) is 6.07 Å². The van der Waals surface area contributed by atoms with Crippen LogP contribution >= 0.6 is 0 Å². The van der Waals surface area contributed by atoms with E-state index in [0.717, 1.165) is 82.5 Å². The van der Waals surface area contributed by atoms with Gasteiger partial charge < -0.3 is 19.6 Å². The van der Waals surface area contributed by atoms with Crippen molar-refractivity contribution in [2.24, 2.45) is 11.8 Å². The normalized spacial score (nSPS) is 32.0. The molecule has 0 unspecified atom stereocenters. The Hall–Kier alpha value is -1.40. The average Bonchev–Trinajstić information content (AvgIpc) is 3.14. The van der Waals surface area contributed by atoms with Crippen LogP contribution in [0.1, 0.15) is 45.2 Å². The Morgan fingerprint density at radius 2 is 2.00 bits per heavy atom. The van der Waals surface area contributed by atoms with E-state index < -0.39 is 5.60 Å². The lowest BCUT2D eigenvalue weighted by Gasteiger charge is -2.40. The molecule has 0 aromatic carbocycles. The van der Waals surface area contributed by atoms with Crippen LogP contribution in [0.4, 0.5) is 11.8 Å². The predicted molar refractivity (Wildman–Crippen MR) is 103 cm³/mol. The summed E-state index contributed by atoms with van der Waals surface area (Å²) in [5, 5.41) is 11.1. The third-order valence-electron chi connectivity index (χ3n) is 6.66. The van der Waals surface area contributed by atoms with Gasteiger partial charge in [0, 0.05) is 43.9 Å². The molecule has 1 saturated carbocycles. The maximum atomic E-state index is 11.1. The minimum atomic E-state index is -0.495. The van der Waals surface area contributed by atoms with Crippen LogP contribution in [0.25, 0.3) is 0 Å². The Bertz CT molecular complexity index is 634. The monoisotopic (exact) mass is 360 g/mol. The summed E-state index contributed by atoms with van der Waals surface area (Å²) in [6.45, 7) is 9.39. The van der Waals surface area contributed by atoms with Gasteiger partial charge in [-0.1, -0.05) is 20.3 Å². The third kappa shape index (κ3) is 3.29. The molecule has 0 radical (unpaired) electrons. The fraction of sp³-hybridized carbons (Fsp3) is 0.800. The molecule has 2 aliphatic heterocycles. The molecule has 1 aromatic rings. The number of fused-ring (bicyclic) bond motifs is 1. The summed E-state index contributed by atoms with van der Waals surface area (Å²) in [5.74, 6) is 2.82. The zero-order chi connectivity index (χ0) is 18.1. The molecule has 2 saturated heterocycles. The lowest BCUT2D eigenvalue weighted by molar-refractivity contribution is -0.0597. The first kappa shape index (κ1) is 18.0. The first-order valence-electron chi connectivity index (χ1n) is 10.3. The Morgan fingerprint density at radius 1 is 1.19 bits per heavy atom. The standard InChI is InChI=1S/C20H32N4O2/c1-3-16-12-18(22-19(21-16)23-8-10-26-11-9-23)24-13-15-6-5-7-20(25,4-2)17(15)14-24/h12,15,17,25H,3-11,13-14H2,1-2H3/t15-,17+,20-/m0/s1. The molecule has 0 amide bonds. The van der Waals surface area contributed by atoms with Crippen molar-refractivity contribution in [1.82, 2.24) is 9.97 Å². The van der Waals surface area contributed by atoms with Gasteiger partial charge in [0.15, 0.2) is 0 Å². The zero-order valence-electron chi connectivity index (χ0n) is 16.2. The minimum Gasteiger partial charge on any atom is -0.390 e. The maximum Gasteiger partial charge on any atom is 0.227 e. The van der Waals surface area contributed by atoms with Crippen LogP contribution in [0.5, 0.6) is 0 Å². The van der Waals surface area contributed by atoms with Crippen molar-refractivity contribution in [2.75, 3.05) is 49.2 Å². The van der Waals surface area contributed by atoms with Gasteiger partial charge in [-0.25, -0.2) is 4.98 Å². The van der Waals surface area contributed by atoms with Gasteiger partial charge in [-0.3, -0.25) is 0 Å². The van der Waals surface area contributed by atoms with Gasteiger partial charge in [-0.05, 0) is 31.6 Å². The molecular weight excluding hydrogens is 328 g/mol. The highest BCUT2D eigenvalue weighted by Crippen LogP contribution is 2.45. The molecule has 0 spiro atoms. The fourth-order valence-electron chi connectivity index (χ4n) is 4.97.